The lowest BCUT2D eigenvalue weighted by molar-refractivity contribution is 0.319. The SMILES string of the molecule is CC1CN(c2cnc(Cl)nc2Cl)CCN1[B]C=O. The Bertz CT molecular complexity index is 448. The van der Waals surface area contributed by atoms with E-state index in [1.807, 2.05) is 4.81 Å². The molecule has 2 rings (SSSR count). The minimum absolute atomic E-state index is 0.143. The molecule has 1 fully saturated rings. The molecule has 1 unspecified atom stereocenters. The molecule has 95 valence electrons. The molecule has 1 atom stereocenters. The summed E-state index contributed by atoms with van der Waals surface area (Å²) in [7, 11) is 1.57. The van der Waals surface area contributed by atoms with Crippen LogP contribution >= 0.6 is 23.2 Å². The van der Waals surface area contributed by atoms with Crippen molar-refractivity contribution in [3.63, 3.8) is 0 Å². The molecule has 1 aliphatic heterocycles. The van der Waals surface area contributed by atoms with Crippen LogP contribution < -0.4 is 4.90 Å². The van der Waals surface area contributed by atoms with E-state index in [-0.39, 0.29) is 11.3 Å². The highest BCUT2D eigenvalue weighted by atomic mass is 35.5. The molecule has 0 aromatic carbocycles. The monoisotopic (exact) mass is 285 g/mol. The third kappa shape index (κ3) is 2.94. The van der Waals surface area contributed by atoms with Gasteiger partial charge in [-0.2, -0.15) is 0 Å². The highest BCUT2D eigenvalue weighted by Gasteiger charge is 2.25. The summed E-state index contributed by atoms with van der Waals surface area (Å²) in [5, 5.41) is 0.500. The topological polar surface area (TPSA) is 49.3 Å². The molecule has 1 aromatic rings. The normalized spacial score (nSPS) is 20.8. The van der Waals surface area contributed by atoms with Gasteiger partial charge in [-0.25, -0.2) is 9.97 Å². The molecule has 5 nitrogen and oxygen atoms in total. The van der Waals surface area contributed by atoms with Gasteiger partial charge in [-0.3, -0.25) is 0 Å². The number of halogens is 2. The van der Waals surface area contributed by atoms with Gasteiger partial charge in [-0.1, -0.05) is 11.6 Å². The molecule has 0 saturated carbocycles. The third-order valence-electron chi connectivity index (χ3n) is 2.97. The number of carbonyl (C=O) groups is 1. The summed E-state index contributed by atoms with van der Waals surface area (Å²) >= 11 is 11.7. The molecule has 0 bridgehead atoms. The average Bonchev–Trinajstić information content (AvgIpc) is 2.32. The Labute approximate surface area is 116 Å². The van der Waals surface area contributed by atoms with Crippen molar-refractivity contribution in [2.45, 2.75) is 13.0 Å². The summed E-state index contributed by atoms with van der Waals surface area (Å²) in [5.74, 6) is 0. The van der Waals surface area contributed by atoms with Gasteiger partial charge in [0, 0.05) is 25.7 Å². The maximum atomic E-state index is 10.5. The first kappa shape index (κ1) is 13.6. The second-order valence-electron chi connectivity index (χ2n) is 4.13. The quantitative estimate of drug-likeness (QED) is 0.360. The Hall–Kier alpha value is -0.845. The fourth-order valence-electron chi connectivity index (χ4n) is 2.04. The number of rotatable bonds is 3. The highest BCUT2D eigenvalue weighted by Crippen LogP contribution is 2.25. The molecule has 0 spiro atoms. The molecule has 0 aliphatic carbocycles. The minimum Gasteiger partial charge on any atom is -0.365 e. The van der Waals surface area contributed by atoms with Gasteiger partial charge in [0.2, 0.25) is 5.28 Å². The average molecular weight is 286 g/mol. The molecule has 1 saturated heterocycles. The van der Waals surface area contributed by atoms with Crippen molar-refractivity contribution in [2.24, 2.45) is 0 Å². The fraction of sp³-hybridized carbons (Fsp3) is 0.500. The number of aromatic nitrogens is 2. The summed E-state index contributed by atoms with van der Waals surface area (Å²) in [6.07, 6.45) is 2.44. The van der Waals surface area contributed by atoms with Crippen LogP contribution in [0.3, 0.4) is 0 Å². The number of carbonyl (C=O) groups excluding carboxylic acids is 1. The van der Waals surface area contributed by atoms with Crippen LogP contribution in [-0.2, 0) is 4.79 Å². The lowest BCUT2D eigenvalue weighted by atomic mass is 9.90. The van der Waals surface area contributed by atoms with Gasteiger partial charge >= 0.3 is 0 Å². The molecule has 2 heterocycles. The lowest BCUT2D eigenvalue weighted by Gasteiger charge is -2.40. The van der Waals surface area contributed by atoms with Gasteiger partial charge in [0.25, 0.3) is 7.41 Å². The largest absolute Gasteiger partial charge is 0.365 e. The zero-order valence-corrected chi connectivity index (χ0v) is 11.4. The molecule has 1 radical (unpaired) electrons. The summed E-state index contributed by atoms with van der Waals surface area (Å²) in [6, 6.07) is 0.232. The van der Waals surface area contributed by atoms with E-state index in [9.17, 15) is 4.79 Å². The number of hydrogen-bond acceptors (Lipinski definition) is 5. The van der Waals surface area contributed by atoms with Crippen molar-refractivity contribution in [2.75, 3.05) is 24.5 Å². The molecule has 0 N–H and O–H groups in total. The summed E-state index contributed by atoms with van der Waals surface area (Å²) in [4.78, 5) is 22.5. The van der Waals surface area contributed by atoms with Crippen LogP contribution in [0.1, 0.15) is 6.92 Å². The summed E-state index contributed by atoms with van der Waals surface area (Å²) in [5.41, 5.74) is 0.777. The number of piperazine rings is 1. The van der Waals surface area contributed by atoms with Gasteiger partial charge in [0.05, 0.1) is 18.1 Å². The zero-order valence-electron chi connectivity index (χ0n) is 9.88. The van der Waals surface area contributed by atoms with E-state index in [1.165, 1.54) is 0 Å². The predicted molar refractivity (Wildman–Crippen MR) is 72.9 cm³/mol. The van der Waals surface area contributed by atoms with Gasteiger partial charge in [0.15, 0.2) is 5.15 Å². The first-order valence-electron chi connectivity index (χ1n) is 5.59. The van der Waals surface area contributed by atoms with E-state index in [1.54, 1.807) is 13.6 Å². The highest BCUT2D eigenvalue weighted by molar-refractivity contribution is 6.64. The fourth-order valence-corrected chi connectivity index (χ4v) is 2.46. The van der Waals surface area contributed by atoms with Crippen LogP contribution in [0.25, 0.3) is 0 Å². The number of anilines is 1. The predicted octanol–water partition coefficient (Wildman–Crippen LogP) is 1.10. The van der Waals surface area contributed by atoms with E-state index >= 15 is 0 Å². The minimum atomic E-state index is 0.143. The third-order valence-corrected chi connectivity index (χ3v) is 3.43. The van der Waals surface area contributed by atoms with E-state index in [0.29, 0.717) is 5.15 Å². The van der Waals surface area contributed by atoms with Crippen molar-refractivity contribution in [3.05, 3.63) is 16.6 Å². The van der Waals surface area contributed by atoms with Crippen molar-refractivity contribution >= 4 is 42.5 Å². The zero-order chi connectivity index (χ0) is 13.1. The maximum Gasteiger partial charge on any atom is 0.293 e. The van der Waals surface area contributed by atoms with E-state index in [0.717, 1.165) is 31.5 Å². The van der Waals surface area contributed by atoms with Crippen LogP contribution in [-0.4, -0.2) is 54.1 Å². The first-order chi connectivity index (χ1) is 8.61. The molecule has 0 amide bonds. The molecule has 1 aromatic heterocycles. The standard InChI is InChI=1S/C10H12BCl2N4O/c1-7-5-16(2-3-17(7)11-6-18)8-4-14-10(13)15-9(8)12/h4,6-7H,2-3,5H2,1H3. The smallest absolute Gasteiger partial charge is 0.293 e. The van der Waals surface area contributed by atoms with E-state index in [4.69, 9.17) is 23.2 Å². The second kappa shape index (κ2) is 5.86. The Morgan fingerprint density at radius 3 is 2.89 bits per heavy atom. The number of nitrogens with zero attached hydrogens (tertiary/aromatic N) is 4. The molecular weight excluding hydrogens is 274 g/mol. The Balaban J connectivity index is 2.10. The van der Waals surface area contributed by atoms with Crippen molar-refractivity contribution < 1.29 is 4.79 Å². The van der Waals surface area contributed by atoms with Crippen molar-refractivity contribution in [1.82, 2.24) is 14.8 Å². The van der Waals surface area contributed by atoms with Crippen LogP contribution in [0.5, 0.6) is 0 Å². The van der Waals surface area contributed by atoms with E-state index in [2.05, 4.69) is 21.8 Å². The van der Waals surface area contributed by atoms with Crippen LogP contribution in [0.2, 0.25) is 10.4 Å². The van der Waals surface area contributed by atoms with Gasteiger partial charge < -0.3 is 14.5 Å². The van der Waals surface area contributed by atoms with Gasteiger partial charge in [0.1, 0.15) is 0 Å². The summed E-state index contributed by atoms with van der Waals surface area (Å²) < 4.78 is 0. The number of hydrogen-bond donors (Lipinski definition) is 0. The maximum absolute atomic E-state index is 10.5. The van der Waals surface area contributed by atoms with Crippen LogP contribution in [0.15, 0.2) is 6.20 Å². The van der Waals surface area contributed by atoms with Crippen LogP contribution in [0.4, 0.5) is 5.69 Å². The summed E-state index contributed by atoms with van der Waals surface area (Å²) in [6.45, 7) is 4.34. The molecule has 8 heteroatoms. The van der Waals surface area contributed by atoms with Crippen molar-refractivity contribution in [3.8, 4) is 0 Å². The van der Waals surface area contributed by atoms with E-state index < -0.39 is 0 Å². The lowest BCUT2D eigenvalue weighted by Crippen LogP contribution is -2.53. The Kier molecular flexibility index (Phi) is 4.42. The van der Waals surface area contributed by atoms with Gasteiger partial charge in [-0.05, 0) is 18.5 Å². The Morgan fingerprint density at radius 1 is 1.50 bits per heavy atom. The van der Waals surface area contributed by atoms with Crippen LogP contribution in [0, 0.1) is 0 Å². The molecule has 1 aliphatic rings. The first-order valence-corrected chi connectivity index (χ1v) is 6.34. The second-order valence-corrected chi connectivity index (χ2v) is 4.83. The van der Waals surface area contributed by atoms with Gasteiger partial charge in [-0.15, -0.1) is 0 Å². The Morgan fingerprint density at radius 2 is 2.28 bits per heavy atom. The molecular formula is C10H12BCl2N4O. The van der Waals surface area contributed by atoms with Crippen molar-refractivity contribution in [1.29, 1.82) is 0 Å². The molecule has 18 heavy (non-hydrogen) atoms.